The topological polar surface area (TPSA) is 89.8 Å². The van der Waals surface area contributed by atoms with Crippen LogP contribution in [0.3, 0.4) is 0 Å². The Labute approximate surface area is 130 Å². The number of nitrogens with two attached hydrogens (primary N) is 2. The van der Waals surface area contributed by atoms with Crippen LogP contribution < -0.4 is 16.8 Å². The van der Waals surface area contributed by atoms with Gasteiger partial charge in [-0.1, -0.05) is 28.9 Å². The molecule has 0 aliphatic carbocycles. The van der Waals surface area contributed by atoms with Crippen LogP contribution in [0.25, 0.3) is 0 Å². The van der Waals surface area contributed by atoms with Crippen LogP contribution in [0.4, 0.5) is 11.6 Å². The van der Waals surface area contributed by atoms with Crippen molar-refractivity contribution in [1.82, 2.24) is 15.3 Å². The summed E-state index contributed by atoms with van der Waals surface area (Å²) in [5.74, 6) is 0.755. The number of halogens is 1. The summed E-state index contributed by atoms with van der Waals surface area (Å²) in [5.41, 5.74) is 12.5. The molecular formula is C13H16BrN5S. The standard InChI is InChI=1S/C13H16BrN5S/c1-2-17-7-8-3-4-9(5-10(8)14)20-13-18-11(15)6-12(16)19-13/h3-6,17H,2,7H2,1H3,(H4,15,16,18,19). The third-order valence-electron chi connectivity index (χ3n) is 2.54. The van der Waals surface area contributed by atoms with Crippen LogP contribution in [0.15, 0.2) is 38.8 Å². The molecule has 0 amide bonds. The quantitative estimate of drug-likeness (QED) is 0.716. The molecule has 0 fully saturated rings. The molecule has 0 spiro atoms. The average Bonchev–Trinajstić information content (AvgIpc) is 2.36. The van der Waals surface area contributed by atoms with Crippen molar-refractivity contribution in [2.24, 2.45) is 0 Å². The predicted molar refractivity (Wildman–Crippen MR) is 86.5 cm³/mol. The molecule has 2 rings (SSSR count). The van der Waals surface area contributed by atoms with Gasteiger partial charge in [-0.05, 0) is 36.0 Å². The van der Waals surface area contributed by atoms with Gasteiger partial charge in [0.1, 0.15) is 11.6 Å². The summed E-state index contributed by atoms with van der Waals surface area (Å²) in [6.07, 6.45) is 0. The predicted octanol–water partition coefficient (Wildman–Crippen LogP) is 2.66. The zero-order valence-corrected chi connectivity index (χ0v) is 13.5. The first kappa shape index (κ1) is 15.1. The number of anilines is 2. The first-order valence-electron chi connectivity index (χ1n) is 6.15. The Hall–Kier alpha value is -1.31. The van der Waals surface area contributed by atoms with E-state index in [1.165, 1.54) is 17.3 Å². The number of nitrogens with one attached hydrogen (secondary N) is 1. The Kier molecular flexibility index (Phi) is 5.22. The summed E-state index contributed by atoms with van der Waals surface area (Å²) in [4.78, 5) is 9.34. The van der Waals surface area contributed by atoms with E-state index < -0.39 is 0 Å². The van der Waals surface area contributed by atoms with E-state index in [1.54, 1.807) is 6.07 Å². The summed E-state index contributed by atoms with van der Waals surface area (Å²) >= 11 is 5.01. The highest BCUT2D eigenvalue weighted by atomic mass is 79.9. The van der Waals surface area contributed by atoms with Crippen molar-refractivity contribution in [3.05, 3.63) is 34.3 Å². The van der Waals surface area contributed by atoms with Crippen LogP contribution in [0, 0.1) is 0 Å². The highest BCUT2D eigenvalue weighted by molar-refractivity contribution is 9.10. The van der Waals surface area contributed by atoms with E-state index in [1.807, 2.05) is 12.1 Å². The number of aromatic nitrogens is 2. The summed E-state index contributed by atoms with van der Waals surface area (Å²) in [5, 5.41) is 3.84. The molecule has 1 aromatic heterocycles. The highest BCUT2D eigenvalue weighted by Crippen LogP contribution is 2.29. The second kappa shape index (κ2) is 6.92. The highest BCUT2D eigenvalue weighted by Gasteiger charge is 2.06. The summed E-state index contributed by atoms with van der Waals surface area (Å²) in [7, 11) is 0. The fourth-order valence-corrected chi connectivity index (χ4v) is 3.10. The van der Waals surface area contributed by atoms with E-state index in [4.69, 9.17) is 11.5 Å². The van der Waals surface area contributed by atoms with Gasteiger partial charge in [-0.3, -0.25) is 0 Å². The smallest absolute Gasteiger partial charge is 0.196 e. The van der Waals surface area contributed by atoms with Crippen LogP contribution in [0.2, 0.25) is 0 Å². The lowest BCUT2D eigenvalue weighted by atomic mass is 10.2. The molecule has 0 saturated carbocycles. The zero-order chi connectivity index (χ0) is 14.5. The van der Waals surface area contributed by atoms with Crippen LogP contribution in [-0.2, 0) is 6.54 Å². The summed E-state index contributed by atoms with van der Waals surface area (Å²) < 4.78 is 1.06. The second-order valence-corrected chi connectivity index (χ2v) is 6.03. The van der Waals surface area contributed by atoms with E-state index in [-0.39, 0.29) is 0 Å². The molecule has 0 aliphatic rings. The van der Waals surface area contributed by atoms with Gasteiger partial charge >= 0.3 is 0 Å². The largest absolute Gasteiger partial charge is 0.383 e. The van der Waals surface area contributed by atoms with Gasteiger partial charge in [0.25, 0.3) is 0 Å². The van der Waals surface area contributed by atoms with Gasteiger partial charge in [-0.2, -0.15) is 0 Å². The minimum absolute atomic E-state index is 0.378. The Morgan fingerprint density at radius 1 is 1.20 bits per heavy atom. The van der Waals surface area contributed by atoms with Crippen molar-refractivity contribution in [2.45, 2.75) is 23.5 Å². The molecule has 5 N–H and O–H groups in total. The Morgan fingerprint density at radius 3 is 2.50 bits per heavy atom. The first-order chi connectivity index (χ1) is 9.58. The minimum atomic E-state index is 0.378. The van der Waals surface area contributed by atoms with Crippen molar-refractivity contribution in [3.8, 4) is 0 Å². The van der Waals surface area contributed by atoms with Crippen molar-refractivity contribution in [1.29, 1.82) is 0 Å². The van der Waals surface area contributed by atoms with Crippen LogP contribution >= 0.6 is 27.7 Å². The molecule has 0 saturated heterocycles. The Bertz CT molecular complexity index is 585. The zero-order valence-electron chi connectivity index (χ0n) is 11.1. The Balaban J connectivity index is 2.15. The molecule has 20 heavy (non-hydrogen) atoms. The lowest BCUT2D eigenvalue weighted by Crippen LogP contribution is -2.11. The molecule has 0 atom stereocenters. The van der Waals surface area contributed by atoms with E-state index in [2.05, 4.69) is 44.2 Å². The lowest BCUT2D eigenvalue weighted by Gasteiger charge is -2.07. The maximum atomic E-state index is 5.66. The van der Waals surface area contributed by atoms with E-state index in [9.17, 15) is 0 Å². The normalized spacial score (nSPS) is 10.7. The number of benzene rings is 1. The molecular weight excluding hydrogens is 338 g/mol. The van der Waals surface area contributed by atoms with Gasteiger partial charge in [0.05, 0.1) is 0 Å². The molecule has 0 aliphatic heterocycles. The fraction of sp³-hybridized carbons (Fsp3) is 0.231. The molecule has 2 aromatic rings. The molecule has 0 bridgehead atoms. The van der Waals surface area contributed by atoms with Gasteiger partial charge in [0.2, 0.25) is 0 Å². The molecule has 1 heterocycles. The van der Waals surface area contributed by atoms with Crippen molar-refractivity contribution >= 4 is 39.3 Å². The number of hydrogen-bond donors (Lipinski definition) is 3. The molecule has 1 aromatic carbocycles. The van der Waals surface area contributed by atoms with Gasteiger partial charge in [-0.25, -0.2) is 9.97 Å². The van der Waals surface area contributed by atoms with Gasteiger partial charge in [-0.15, -0.1) is 0 Å². The molecule has 0 unspecified atom stereocenters. The second-order valence-electron chi connectivity index (χ2n) is 4.14. The molecule has 106 valence electrons. The minimum Gasteiger partial charge on any atom is -0.383 e. The van der Waals surface area contributed by atoms with Crippen molar-refractivity contribution < 1.29 is 0 Å². The first-order valence-corrected chi connectivity index (χ1v) is 7.76. The molecule has 5 nitrogen and oxygen atoms in total. The van der Waals surface area contributed by atoms with E-state index in [0.717, 1.165) is 22.5 Å². The monoisotopic (exact) mass is 353 g/mol. The Morgan fingerprint density at radius 2 is 1.90 bits per heavy atom. The van der Waals surface area contributed by atoms with Crippen molar-refractivity contribution in [3.63, 3.8) is 0 Å². The average molecular weight is 354 g/mol. The maximum Gasteiger partial charge on any atom is 0.196 e. The van der Waals surface area contributed by atoms with Gasteiger partial charge < -0.3 is 16.8 Å². The van der Waals surface area contributed by atoms with Gasteiger partial charge in [0.15, 0.2) is 5.16 Å². The fourth-order valence-electron chi connectivity index (χ4n) is 1.61. The number of rotatable bonds is 5. The summed E-state index contributed by atoms with van der Waals surface area (Å²) in [6.45, 7) is 3.86. The van der Waals surface area contributed by atoms with Gasteiger partial charge in [0, 0.05) is 22.0 Å². The van der Waals surface area contributed by atoms with Crippen LogP contribution in [0.1, 0.15) is 12.5 Å². The van der Waals surface area contributed by atoms with E-state index >= 15 is 0 Å². The molecule has 7 heteroatoms. The SMILES string of the molecule is CCNCc1ccc(Sc2nc(N)cc(N)n2)cc1Br. The third-order valence-corrected chi connectivity index (χ3v) is 4.14. The number of nitrogens with zero attached hydrogens (tertiary/aromatic N) is 2. The van der Waals surface area contributed by atoms with E-state index in [0.29, 0.717) is 16.8 Å². The summed E-state index contributed by atoms with van der Waals surface area (Å²) in [6, 6.07) is 7.69. The van der Waals surface area contributed by atoms with Crippen LogP contribution in [0.5, 0.6) is 0 Å². The molecule has 0 radical (unpaired) electrons. The number of nitrogen functional groups attached to an aromatic ring is 2. The maximum absolute atomic E-state index is 5.66. The van der Waals surface area contributed by atoms with Crippen molar-refractivity contribution in [2.75, 3.05) is 18.0 Å². The third kappa shape index (κ3) is 4.09. The number of hydrogen-bond acceptors (Lipinski definition) is 6. The van der Waals surface area contributed by atoms with Crippen LogP contribution in [-0.4, -0.2) is 16.5 Å². The lowest BCUT2D eigenvalue weighted by molar-refractivity contribution is 0.724.